The molecule has 13 nitrogen and oxygen atoms in total. The first-order valence-electron chi connectivity index (χ1n) is 10.6. The second-order valence-electron chi connectivity index (χ2n) is 8.54. The van der Waals surface area contributed by atoms with Gasteiger partial charge in [0.05, 0.1) is 12.5 Å². The number of amides is 5. The summed E-state index contributed by atoms with van der Waals surface area (Å²) in [6, 6.07) is -6.43. The third kappa shape index (κ3) is 8.67. The molecule has 33 heavy (non-hydrogen) atoms. The fraction of sp³-hybridized carbons (Fsp3) is 0.700. The first-order valence-corrected chi connectivity index (χ1v) is 10.6. The molecule has 0 unspecified atom stereocenters. The highest BCUT2D eigenvalue weighted by Crippen LogP contribution is 2.08. The molecule has 0 spiro atoms. The van der Waals surface area contributed by atoms with Gasteiger partial charge in [-0.25, -0.2) is 0 Å². The molecule has 5 amide bonds. The van der Waals surface area contributed by atoms with Crippen LogP contribution in [0.15, 0.2) is 0 Å². The largest absolute Gasteiger partial charge is 0.481 e. The van der Waals surface area contributed by atoms with Crippen LogP contribution in [0, 0.1) is 5.92 Å². The summed E-state index contributed by atoms with van der Waals surface area (Å²) in [6.07, 6.45) is -2.04. The minimum Gasteiger partial charge on any atom is -0.481 e. The Morgan fingerprint density at radius 1 is 0.758 bits per heavy atom. The number of aliphatic carboxylic acids is 1. The number of rotatable bonds is 5. The molecule has 7 N–H and O–H groups in total. The Morgan fingerprint density at radius 3 is 1.70 bits per heavy atom. The van der Waals surface area contributed by atoms with E-state index in [1.807, 2.05) is 0 Å². The van der Waals surface area contributed by atoms with Crippen LogP contribution in [0.2, 0.25) is 0 Å². The van der Waals surface area contributed by atoms with Gasteiger partial charge in [-0.2, -0.15) is 0 Å². The molecular weight excluding hydrogens is 438 g/mol. The van der Waals surface area contributed by atoms with Crippen LogP contribution in [0.1, 0.15) is 47.5 Å². The SMILES string of the molecule is CC(C)C[C@@H]1NC(=O)[C@H](C)NC(=O)[C@H](C)NC(=O)[C@@H]([C@@H](C)O)NC(=O)[C@H](CC(=O)O)NC1=O. The van der Waals surface area contributed by atoms with Crippen molar-refractivity contribution < 1.29 is 39.0 Å². The van der Waals surface area contributed by atoms with E-state index >= 15 is 0 Å². The van der Waals surface area contributed by atoms with Crippen LogP contribution in [0.25, 0.3) is 0 Å². The quantitative estimate of drug-likeness (QED) is 0.225. The average Bonchev–Trinajstić information content (AvgIpc) is 2.68. The Labute approximate surface area is 191 Å². The van der Waals surface area contributed by atoms with Gasteiger partial charge in [0.2, 0.25) is 29.5 Å². The van der Waals surface area contributed by atoms with Gasteiger partial charge in [-0.3, -0.25) is 28.8 Å². The van der Waals surface area contributed by atoms with Crippen molar-refractivity contribution in [2.24, 2.45) is 5.92 Å². The molecular formula is C20H33N5O8. The first kappa shape index (κ1) is 27.8. The molecule has 0 aromatic carbocycles. The normalized spacial score (nSPS) is 28.9. The van der Waals surface area contributed by atoms with Crippen LogP contribution in [0.3, 0.4) is 0 Å². The maximum atomic E-state index is 12.9. The van der Waals surface area contributed by atoms with Gasteiger partial charge >= 0.3 is 5.97 Å². The zero-order chi connectivity index (χ0) is 25.5. The molecule has 0 radical (unpaired) electrons. The molecule has 186 valence electrons. The van der Waals surface area contributed by atoms with Crippen LogP contribution in [0.4, 0.5) is 0 Å². The summed E-state index contributed by atoms with van der Waals surface area (Å²) in [5.41, 5.74) is 0. The van der Waals surface area contributed by atoms with Crippen molar-refractivity contribution in [1.82, 2.24) is 26.6 Å². The summed E-state index contributed by atoms with van der Waals surface area (Å²) in [6.45, 7) is 7.55. The third-order valence-electron chi connectivity index (χ3n) is 4.92. The Morgan fingerprint density at radius 2 is 1.21 bits per heavy atom. The predicted molar refractivity (Wildman–Crippen MR) is 114 cm³/mol. The fourth-order valence-electron chi connectivity index (χ4n) is 3.09. The highest BCUT2D eigenvalue weighted by molar-refractivity contribution is 5.98. The molecule has 1 aliphatic heterocycles. The molecule has 1 aliphatic rings. The lowest BCUT2D eigenvalue weighted by Crippen LogP contribution is -2.60. The average molecular weight is 472 g/mol. The second-order valence-corrected chi connectivity index (χ2v) is 8.54. The minimum absolute atomic E-state index is 0.0544. The van der Waals surface area contributed by atoms with Crippen molar-refractivity contribution in [1.29, 1.82) is 0 Å². The third-order valence-corrected chi connectivity index (χ3v) is 4.92. The van der Waals surface area contributed by atoms with E-state index in [1.54, 1.807) is 13.8 Å². The van der Waals surface area contributed by atoms with E-state index in [0.29, 0.717) is 0 Å². The molecule has 1 saturated heterocycles. The monoisotopic (exact) mass is 471 g/mol. The lowest BCUT2D eigenvalue weighted by atomic mass is 10.0. The van der Waals surface area contributed by atoms with Crippen molar-refractivity contribution in [3.8, 4) is 0 Å². The summed E-state index contributed by atoms with van der Waals surface area (Å²) in [4.78, 5) is 74.4. The maximum absolute atomic E-state index is 12.9. The smallest absolute Gasteiger partial charge is 0.305 e. The van der Waals surface area contributed by atoms with Gasteiger partial charge in [0.15, 0.2) is 0 Å². The topological polar surface area (TPSA) is 203 Å². The maximum Gasteiger partial charge on any atom is 0.305 e. The summed E-state index contributed by atoms with van der Waals surface area (Å²) in [5, 5.41) is 30.9. The van der Waals surface area contributed by atoms with Crippen LogP contribution >= 0.6 is 0 Å². The number of nitrogens with one attached hydrogen (secondary N) is 5. The highest BCUT2D eigenvalue weighted by Gasteiger charge is 2.35. The molecule has 1 rings (SSSR count). The van der Waals surface area contributed by atoms with Gasteiger partial charge in [-0.15, -0.1) is 0 Å². The van der Waals surface area contributed by atoms with Crippen molar-refractivity contribution in [2.75, 3.05) is 0 Å². The molecule has 0 saturated carbocycles. The van der Waals surface area contributed by atoms with Crippen molar-refractivity contribution in [2.45, 2.75) is 83.8 Å². The lowest BCUT2D eigenvalue weighted by molar-refractivity contribution is -0.141. The Kier molecular flexibility index (Phi) is 10.2. The van der Waals surface area contributed by atoms with Crippen molar-refractivity contribution in [3.63, 3.8) is 0 Å². The number of hydrogen-bond acceptors (Lipinski definition) is 7. The second kappa shape index (κ2) is 12.1. The predicted octanol–water partition coefficient (Wildman–Crippen LogP) is -2.63. The van der Waals surface area contributed by atoms with Gasteiger partial charge in [0, 0.05) is 0 Å². The molecule has 1 heterocycles. The Balaban J connectivity index is 3.38. The molecule has 0 aliphatic carbocycles. The lowest BCUT2D eigenvalue weighted by Gasteiger charge is -2.26. The van der Waals surface area contributed by atoms with Gasteiger partial charge in [0.1, 0.15) is 30.2 Å². The number of aliphatic hydroxyl groups excluding tert-OH is 1. The van der Waals surface area contributed by atoms with Crippen molar-refractivity contribution in [3.05, 3.63) is 0 Å². The van der Waals surface area contributed by atoms with Gasteiger partial charge in [-0.05, 0) is 33.1 Å². The number of carbonyl (C=O) groups excluding carboxylic acids is 5. The van der Waals surface area contributed by atoms with E-state index in [1.165, 1.54) is 20.8 Å². The van der Waals surface area contributed by atoms with E-state index < -0.39 is 78.2 Å². The number of carboxylic acids is 1. The van der Waals surface area contributed by atoms with Crippen LogP contribution in [-0.4, -0.2) is 82.0 Å². The Hall–Kier alpha value is -3.22. The highest BCUT2D eigenvalue weighted by atomic mass is 16.4. The first-order chi connectivity index (χ1) is 15.2. The zero-order valence-electron chi connectivity index (χ0n) is 19.3. The summed E-state index contributed by atoms with van der Waals surface area (Å²) >= 11 is 0. The number of carbonyl (C=O) groups is 6. The molecule has 1 fully saturated rings. The summed E-state index contributed by atoms with van der Waals surface area (Å²) in [7, 11) is 0. The summed E-state index contributed by atoms with van der Waals surface area (Å²) < 4.78 is 0. The molecule has 6 atom stereocenters. The van der Waals surface area contributed by atoms with Crippen LogP contribution < -0.4 is 26.6 Å². The van der Waals surface area contributed by atoms with Gasteiger partial charge in [0.25, 0.3) is 0 Å². The van der Waals surface area contributed by atoms with E-state index in [2.05, 4.69) is 26.6 Å². The van der Waals surface area contributed by atoms with Crippen LogP contribution in [0.5, 0.6) is 0 Å². The van der Waals surface area contributed by atoms with Crippen molar-refractivity contribution >= 4 is 35.5 Å². The van der Waals surface area contributed by atoms with E-state index in [9.17, 15) is 39.0 Å². The fourth-order valence-corrected chi connectivity index (χ4v) is 3.09. The van der Waals surface area contributed by atoms with Gasteiger partial charge in [-0.1, -0.05) is 13.8 Å². The molecule has 0 aromatic heterocycles. The van der Waals surface area contributed by atoms with E-state index in [-0.39, 0.29) is 12.3 Å². The zero-order valence-corrected chi connectivity index (χ0v) is 19.3. The minimum atomic E-state index is -1.59. The standard InChI is InChI=1S/C20H33N5O8/c1-8(2)6-12-18(31)24-13(7-14(27)28)19(32)25-15(11(5)26)20(33)22-9(3)16(29)21-10(4)17(30)23-12/h8-13,15,26H,6-7H2,1-5H3,(H,21,29)(H,22,33)(H,23,30)(H,24,31)(H,25,32)(H,27,28)/t9-,10-,11+,12-,13-,15+/m0/s1. The molecule has 0 bridgehead atoms. The van der Waals surface area contributed by atoms with E-state index in [4.69, 9.17) is 0 Å². The number of carboxylic acid groups (broad SMARTS) is 1. The molecule has 0 aromatic rings. The molecule has 13 heteroatoms. The van der Waals surface area contributed by atoms with E-state index in [0.717, 1.165) is 0 Å². The number of aliphatic hydroxyl groups is 1. The Bertz CT molecular complexity index is 784. The van der Waals surface area contributed by atoms with Crippen LogP contribution in [-0.2, 0) is 28.8 Å². The van der Waals surface area contributed by atoms with Gasteiger partial charge < -0.3 is 36.8 Å². The number of hydrogen-bond donors (Lipinski definition) is 7. The summed E-state index contributed by atoms with van der Waals surface area (Å²) in [5.74, 6) is -5.58.